The summed E-state index contributed by atoms with van der Waals surface area (Å²) in [6.07, 6.45) is 3.48. The monoisotopic (exact) mass is 240 g/mol. The summed E-state index contributed by atoms with van der Waals surface area (Å²) >= 11 is 0. The second-order valence-corrected chi connectivity index (χ2v) is 4.16. The van der Waals surface area contributed by atoms with Crippen LogP contribution in [0.15, 0.2) is 36.7 Å². The van der Waals surface area contributed by atoms with Crippen LogP contribution in [-0.2, 0) is 0 Å². The van der Waals surface area contributed by atoms with Crippen molar-refractivity contribution >= 4 is 22.2 Å². The fourth-order valence-corrected chi connectivity index (χ4v) is 2.13. The normalized spacial score (nSPS) is 11.0. The van der Waals surface area contributed by atoms with Gasteiger partial charge >= 0.3 is 0 Å². The summed E-state index contributed by atoms with van der Waals surface area (Å²) in [4.78, 5) is 15.8. The van der Waals surface area contributed by atoms with Crippen LogP contribution in [-0.4, -0.2) is 22.3 Å². The van der Waals surface area contributed by atoms with E-state index in [1.807, 2.05) is 34.9 Å². The molecule has 0 spiro atoms. The molecule has 2 aromatic heterocycles. The van der Waals surface area contributed by atoms with Crippen LogP contribution in [0.25, 0.3) is 16.4 Å². The highest BCUT2D eigenvalue weighted by Crippen LogP contribution is 2.24. The fraction of sp³-hybridized carbons (Fsp3) is 0.143. The molecule has 18 heavy (non-hydrogen) atoms. The Bertz CT molecular complexity index is 759. The molecule has 0 aliphatic carbocycles. The molecule has 4 heteroatoms. The molecule has 1 aromatic carbocycles. The number of aromatic nitrogens is 2. The molecule has 0 saturated heterocycles. The lowest BCUT2D eigenvalue weighted by molar-refractivity contribution is 0.101. The number of carbonyl (C=O) groups excluding carboxylic acids is 1. The van der Waals surface area contributed by atoms with E-state index >= 15 is 0 Å². The van der Waals surface area contributed by atoms with Gasteiger partial charge in [-0.2, -0.15) is 0 Å². The number of pyridine rings is 1. The molecule has 2 heterocycles. The molecule has 90 valence electrons. The number of methoxy groups -OCH3 is 1. The van der Waals surface area contributed by atoms with Crippen LogP contribution in [0.4, 0.5) is 0 Å². The first kappa shape index (κ1) is 10.8. The second kappa shape index (κ2) is 3.84. The van der Waals surface area contributed by atoms with Crippen molar-refractivity contribution in [1.82, 2.24) is 9.38 Å². The number of hydrogen-bond acceptors (Lipinski definition) is 3. The van der Waals surface area contributed by atoms with Crippen molar-refractivity contribution in [1.29, 1.82) is 0 Å². The van der Waals surface area contributed by atoms with Crippen LogP contribution in [0, 0.1) is 0 Å². The smallest absolute Gasteiger partial charge is 0.178 e. The van der Waals surface area contributed by atoms with Crippen molar-refractivity contribution in [2.45, 2.75) is 6.92 Å². The molecular formula is C14H12N2O2. The molecule has 3 aromatic rings. The molecular weight excluding hydrogens is 228 g/mol. The second-order valence-electron chi connectivity index (χ2n) is 4.16. The highest BCUT2D eigenvalue weighted by molar-refractivity contribution is 5.99. The number of imidazole rings is 1. The van der Waals surface area contributed by atoms with Gasteiger partial charge in [0.2, 0.25) is 0 Å². The Morgan fingerprint density at radius 2 is 2.17 bits per heavy atom. The Kier molecular flexibility index (Phi) is 2.30. The van der Waals surface area contributed by atoms with Crippen molar-refractivity contribution in [3.05, 3.63) is 42.4 Å². The number of rotatable bonds is 2. The lowest BCUT2D eigenvalue weighted by Gasteiger charge is -2.04. The molecule has 0 radical (unpaired) electrons. The molecule has 0 saturated carbocycles. The van der Waals surface area contributed by atoms with E-state index < -0.39 is 0 Å². The maximum absolute atomic E-state index is 11.5. The Balaban J connectivity index is 2.41. The van der Waals surface area contributed by atoms with Gasteiger partial charge in [-0.25, -0.2) is 4.98 Å². The molecule has 0 aliphatic rings. The minimum atomic E-state index is 0.00439. The van der Waals surface area contributed by atoms with Crippen molar-refractivity contribution in [2.75, 3.05) is 7.11 Å². The van der Waals surface area contributed by atoms with E-state index in [0.29, 0.717) is 5.69 Å². The molecule has 3 rings (SSSR count). The first-order chi connectivity index (χ1) is 8.70. The van der Waals surface area contributed by atoms with Crippen molar-refractivity contribution in [3.8, 4) is 5.75 Å². The molecule has 4 nitrogen and oxygen atoms in total. The zero-order chi connectivity index (χ0) is 12.7. The third-order valence-electron chi connectivity index (χ3n) is 3.06. The molecule has 0 amide bonds. The molecule has 0 aliphatic heterocycles. The quantitative estimate of drug-likeness (QED) is 0.647. The summed E-state index contributed by atoms with van der Waals surface area (Å²) in [6, 6.07) is 7.79. The summed E-state index contributed by atoms with van der Waals surface area (Å²) in [5.41, 5.74) is 1.37. The van der Waals surface area contributed by atoms with Gasteiger partial charge in [0, 0.05) is 18.5 Å². The highest BCUT2D eigenvalue weighted by Gasteiger charge is 2.10. The SMILES string of the molecule is COc1ccc2ccn3c(C(C)=O)cnc3c2c1. The van der Waals surface area contributed by atoms with Crippen LogP contribution < -0.4 is 4.74 Å². The number of ketones is 1. The standard InChI is InChI=1S/C14H12N2O2/c1-9(17)13-8-15-14-12-7-11(18-2)4-3-10(12)5-6-16(13)14/h3-8H,1-2H3. The highest BCUT2D eigenvalue weighted by atomic mass is 16.5. The van der Waals surface area contributed by atoms with Crippen LogP contribution >= 0.6 is 0 Å². The third kappa shape index (κ3) is 1.46. The van der Waals surface area contributed by atoms with E-state index in [0.717, 1.165) is 22.2 Å². The maximum atomic E-state index is 11.5. The van der Waals surface area contributed by atoms with E-state index in [-0.39, 0.29) is 5.78 Å². The first-order valence-corrected chi connectivity index (χ1v) is 5.65. The number of carbonyl (C=O) groups is 1. The predicted molar refractivity (Wildman–Crippen MR) is 69.3 cm³/mol. The molecule has 0 atom stereocenters. The zero-order valence-corrected chi connectivity index (χ0v) is 10.2. The van der Waals surface area contributed by atoms with E-state index in [4.69, 9.17) is 4.74 Å². The van der Waals surface area contributed by atoms with Crippen LogP contribution in [0.3, 0.4) is 0 Å². The minimum absolute atomic E-state index is 0.00439. The molecule has 0 N–H and O–H groups in total. The summed E-state index contributed by atoms with van der Waals surface area (Å²) < 4.78 is 7.03. The van der Waals surface area contributed by atoms with E-state index in [2.05, 4.69) is 4.98 Å². The zero-order valence-electron chi connectivity index (χ0n) is 10.2. The number of ether oxygens (including phenoxy) is 1. The average molecular weight is 240 g/mol. The third-order valence-corrected chi connectivity index (χ3v) is 3.06. The molecule has 0 fully saturated rings. The maximum Gasteiger partial charge on any atom is 0.178 e. The lowest BCUT2D eigenvalue weighted by atomic mass is 10.1. The van der Waals surface area contributed by atoms with Crippen molar-refractivity contribution < 1.29 is 9.53 Å². The number of fused-ring (bicyclic) bond motifs is 3. The average Bonchev–Trinajstić information content (AvgIpc) is 2.82. The summed E-state index contributed by atoms with van der Waals surface area (Å²) in [5, 5.41) is 2.05. The first-order valence-electron chi connectivity index (χ1n) is 5.65. The number of hydrogen-bond donors (Lipinski definition) is 0. The topological polar surface area (TPSA) is 43.6 Å². The Hall–Kier alpha value is -2.36. The van der Waals surface area contributed by atoms with E-state index in [1.54, 1.807) is 20.2 Å². The Morgan fingerprint density at radius 1 is 1.33 bits per heavy atom. The van der Waals surface area contributed by atoms with Gasteiger partial charge in [-0.05, 0) is 23.6 Å². The van der Waals surface area contributed by atoms with Gasteiger partial charge in [0.25, 0.3) is 0 Å². The lowest BCUT2D eigenvalue weighted by Crippen LogP contribution is -1.98. The van der Waals surface area contributed by atoms with Gasteiger partial charge < -0.3 is 4.74 Å². The van der Waals surface area contributed by atoms with Gasteiger partial charge in [-0.1, -0.05) is 6.07 Å². The van der Waals surface area contributed by atoms with Gasteiger partial charge in [0.05, 0.1) is 13.3 Å². The summed E-state index contributed by atoms with van der Waals surface area (Å²) in [7, 11) is 1.63. The molecule has 0 unspecified atom stereocenters. The van der Waals surface area contributed by atoms with E-state index in [1.165, 1.54) is 0 Å². The number of nitrogens with zero attached hydrogens (tertiary/aromatic N) is 2. The Labute approximate surface area is 104 Å². The van der Waals surface area contributed by atoms with Crippen LogP contribution in [0.2, 0.25) is 0 Å². The minimum Gasteiger partial charge on any atom is -0.497 e. The van der Waals surface area contributed by atoms with Gasteiger partial charge in [-0.15, -0.1) is 0 Å². The molecule has 0 bridgehead atoms. The van der Waals surface area contributed by atoms with E-state index in [9.17, 15) is 4.79 Å². The van der Waals surface area contributed by atoms with Crippen LogP contribution in [0.5, 0.6) is 5.75 Å². The largest absolute Gasteiger partial charge is 0.497 e. The van der Waals surface area contributed by atoms with Gasteiger partial charge in [0.1, 0.15) is 17.1 Å². The summed E-state index contributed by atoms with van der Waals surface area (Å²) in [6.45, 7) is 1.54. The van der Waals surface area contributed by atoms with Crippen LogP contribution in [0.1, 0.15) is 17.4 Å². The van der Waals surface area contributed by atoms with Gasteiger partial charge in [-0.3, -0.25) is 9.20 Å². The number of Topliss-reactive ketones (excluding diaryl/α,β-unsaturated/α-hetero) is 1. The van der Waals surface area contributed by atoms with Crippen molar-refractivity contribution in [2.24, 2.45) is 0 Å². The number of benzene rings is 1. The van der Waals surface area contributed by atoms with Crippen molar-refractivity contribution in [3.63, 3.8) is 0 Å². The fourth-order valence-electron chi connectivity index (χ4n) is 2.13. The predicted octanol–water partition coefficient (Wildman–Crippen LogP) is 2.70. The van der Waals surface area contributed by atoms with Gasteiger partial charge in [0.15, 0.2) is 5.78 Å². The summed E-state index contributed by atoms with van der Waals surface area (Å²) in [5.74, 6) is 0.785. The Morgan fingerprint density at radius 3 is 2.89 bits per heavy atom.